The van der Waals surface area contributed by atoms with Crippen molar-refractivity contribution in [3.63, 3.8) is 0 Å². The van der Waals surface area contributed by atoms with E-state index in [4.69, 9.17) is 12.2 Å². The van der Waals surface area contributed by atoms with E-state index in [1.54, 1.807) is 0 Å². The van der Waals surface area contributed by atoms with Crippen LogP contribution in [0.5, 0.6) is 0 Å². The molecule has 2 fully saturated rings. The standard InChI is InChI=1S/C18H25N3OS/c1-13-5-2-3-6-16(13)20-18(23)19-14-8-10-15(11-9-14)21-12-4-7-17(21)22/h8-11,13,16H,2-7,12H2,1H3,(H2,19,20,23)/t13-,16+/m0/s1. The Balaban J connectivity index is 1.55. The molecule has 0 radical (unpaired) electrons. The van der Waals surface area contributed by atoms with Gasteiger partial charge in [0.25, 0.3) is 0 Å². The van der Waals surface area contributed by atoms with Crippen molar-refractivity contribution in [2.24, 2.45) is 5.92 Å². The highest BCUT2D eigenvalue weighted by molar-refractivity contribution is 7.80. The molecule has 0 bridgehead atoms. The molecular formula is C18H25N3OS. The van der Waals surface area contributed by atoms with Crippen molar-refractivity contribution >= 4 is 34.6 Å². The van der Waals surface area contributed by atoms with Gasteiger partial charge in [0.05, 0.1) is 0 Å². The number of hydrogen-bond acceptors (Lipinski definition) is 2. The molecule has 2 aliphatic rings. The van der Waals surface area contributed by atoms with Crippen molar-refractivity contribution in [2.75, 3.05) is 16.8 Å². The van der Waals surface area contributed by atoms with Crippen molar-refractivity contribution in [3.05, 3.63) is 24.3 Å². The molecule has 1 aliphatic heterocycles. The Morgan fingerprint density at radius 2 is 1.91 bits per heavy atom. The van der Waals surface area contributed by atoms with Crippen LogP contribution in [0.2, 0.25) is 0 Å². The average Bonchev–Trinajstić information content (AvgIpc) is 2.96. The van der Waals surface area contributed by atoms with E-state index in [0.717, 1.165) is 24.3 Å². The molecule has 3 rings (SSSR count). The lowest BCUT2D eigenvalue weighted by atomic mass is 9.86. The molecule has 0 unspecified atom stereocenters. The lowest BCUT2D eigenvalue weighted by molar-refractivity contribution is -0.117. The molecule has 1 amide bonds. The Hall–Kier alpha value is -1.62. The third kappa shape index (κ3) is 4.02. The predicted octanol–water partition coefficient (Wildman–Crippen LogP) is 3.68. The molecule has 5 heteroatoms. The second kappa shape index (κ2) is 7.30. The molecule has 1 aromatic rings. The van der Waals surface area contributed by atoms with Crippen LogP contribution in [0.1, 0.15) is 45.4 Å². The summed E-state index contributed by atoms with van der Waals surface area (Å²) in [6, 6.07) is 8.41. The quantitative estimate of drug-likeness (QED) is 0.829. The third-order valence-corrected chi connectivity index (χ3v) is 5.16. The summed E-state index contributed by atoms with van der Waals surface area (Å²) in [5, 5.41) is 7.39. The van der Waals surface area contributed by atoms with Gasteiger partial charge in [0.15, 0.2) is 5.11 Å². The van der Waals surface area contributed by atoms with Crippen molar-refractivity contribution in [3.8, 4) is 0 Å². The van der Waals surface area contributed by atoms with Crippen molar-refractivity contribution < 1.29 is 4.79 Å². The number of hydrogen-bond donors (Lipinski definition) is 2. The van der Waals surface area contributed by atoms with Crippen LogP contribution < -0.4 is 15.5 Å². The smallest absolute Gasteiger partial charge is 0.227 e. The maximum Gasteiger partial charge on any atom is 0.227 e. The third-order valence-electron chi connectivity index (χ3n) is 4.94. The Kier molecular flexibility index (Phi) is 5.16. The minimum absolute atomic E-state index is 0.217. The fourth-order valence-corrected chi connectivity index (χ4v) is 3.78. The van der Waals surface area contributed by atoms with Crippen LogP contribution in [-0.4, -0.2) is 23.6 Å². The van der Waals surface area contributed by atoms with Gasteiger partial charge in [0.2, 0.25) is 5.91 Å². The number of benzene rings is 1. The molecule has 124 valence electrons. The molecule has 1 saturated carbocycles. The topological polar surface area (TPSA) is 44.4 Å². The van der Waals surface area contributed by atoms with Crippen LogP contribution in [0.15, 0.2) is 24.3 Å². The Bertz CT molecular complexity index is 572. The van der Waals surface area contributed by atoms with Crippen LogP contribution in [0, 0.1) is 5.92 Å². The van der Waals surface area contributed by atoms with Crippen molar-refractivity contribution in [1.82, 2.24) is 5.32 Å². The van der Waals surface area contributed by atoms with E-state index >= 15 is 0 Å². The van der Waals surface area contributed by atoms with Crippen LogP contribution >= 0.6 is 12.2 Å². The molecule has 1 heterocycles. The van der Waals surface area contributed by atoms with E-state index in [2.05, 4.69) is 17.6 Å². The van der Waals surface area contributed by atoms with E-state index in [-0.39, 0.29) is 5.91 Å². The summed E-state index contributed by atoms with van der Waals surface area (Å²) >= 11 is 5.44. The van der Waals surface area contributed by atoms with E-state index < -0.39 is 0 Å². The van der Waals surface area contributed by atoms with Crippen LogP contribution in [-0.2, 0) is 4.79 Å². The second-order valence-corrected chi connectivity index (χ2v) is 7.07. The van der Waals surface area contributed by atoms with Gasteiger partial charge in [0.1, 0.15) is 0 Å². The second-order valence-electron chi connectivity index (χ2n) is 6.66. The van der Waals surface area contributed by atoms with Gasteiger partial charge in [-0.05, 0) is 61.7 Å². The minimum atomic E-state index is 0.217. The predicted molar refractivity (Wildman–Crippen MR) is 98.8 cm³/mol. The van der Waals surface area contributed by atoms with Gasteiger partial charge in [-0.15, -0.1) is 0 Å². The Morgan fingerprint density at radius 3 is 2.57 bits per heavy atom. The van der Waals surface area contributed by atoms with Crippen LogP contribution in [0.4, 0.5) is 11.4 Å². The highest BCUT2D eigenvalue weighted by Gasteiger charge is 2.22. The maximum atomic E-state index is 11.8. The summed E-state index contributed by atoms with van der Waals surface area (Å²) in [7, 11) is 0. The summed E-state index contributed by atoms with van der Waals surface area (Å²) in [4.78, 5) is 13.6. The number of carbonyl (C=O) groups excluding carboxylic acids is 1. The van der Waals surface area contributed by atoms with Gasteiger partial charge in [-0.25, -0.2) is 0 Å². The largest absolute Gasteiger partial charge is 0.359 e. The highest BCUT2D eigenvalue weighted by atomic mass is 32.1. The van der Waals surface area contributed by atoms with Gasteiger partial charge in [-0.2, -0.15) is 0 Å². The molecule has 0 spiro atoms. The monoisotopic (exact) mass is 331 g/mol. The number of rotatable bonds is 3. The minimum Gasteiger partial charge on any atom is -0.359 e. The summed E-state index contributed by atoms with van der Waals surface area (Å²) in [6.07, 6.45) is 6.69. The van der Waals surface area contributed by atoms with Gasteiger partial charge < -0.3 is 15.5 Å². The number of anilines is 2. The first-order valence-corrected chi connectivity index (χ1v) is 9.02. The first kappa shape index (κ1) is 16.2. The van der Waals surface area contributed by atoms with E-state index in [0.29, 0.717) is 23.5 Å². The lowest BCUT2D eigenvalue weighted by Gasteiger charge is -2.30. The Labute approximate surface area is 143 Å². The summed E-state index contributed by atoms with van der Waals surface area (Å²) in [5.74, 6) is 0.890. The number of nitrogens with zero attached hydrogens (tertiary/aromatic N) is 1. The number of amides is 1. The van der Waals surface area contributed by atoms with Crippen molar-refractivity contribution in [2.45, 2.75) is 51.5 Å². The lowest BCUT2D eigenvalue weighted by Crippen LogP contribution is -2.43. The highest BCUT2D eigenvalue weighted by Crippen LogP contribution is 2.25. The molecule has 1 aliphatic carbocycles. The fraction of sp³-hybridized carbons (Fsp3) is 0.556. The molecule has 0 aromatic heterocycles. The zero-order valence-corrected chi connectivity index (χ0v) is 14.5. The van der Waals surface area contributed by atoms with Gasteiger partial charge in [-0.1, -0.05) is 19.8 Å². The van der Waals surface area contributed by atoms with E-state index in [1.165, 1.54) is 25.7 Å². The van der Waals surface area contributed by atoms with E-state index in [1.807, 2.05) is 29.2 Å². The SMILES string of the molecule is C[C@H]1CCCC[C@H]1NC(=S)Nc1ccc(N2CCCC2=O)cc1. The van der Waals surface area contributed by atoms with Crippen LogP contribution in [0.25, 0.3) is 0 Å². The first-order chi connectivity index (χ1) is 11.1. The van der Waals surface area contributed by atoms with Gasteiger partial charge in [-0.3, -0.25) is 4.79 Å². The van der Waals surface area contributed by atoms with Crippen molar-refractivity contribution in [1.29, 1.82) is 0 Å². The normalized spacial score (nSPS) is 24.6. The fourth-order valence-electron chi connectivity index (χ4n) is 3.51. The molecule has 1 aromatic carbocycles. The maximum absolute atomic E-state index is 11.8. The summed E-state index contributed by atoms with van der Waals surface area (Å²) < 4.78 is 0. The average molecular weight is 331 g/mol. The molecule has 2 N–H and O–H groups in total. The zero-order chi connectivity index (χ0) is 16.2. The first-order valence-electron chi connectivity index (χ1n) is 8.61. The molecular weight excluding hydrogens is 306 g/mol. The van der Waals surface area contributed by atoms with Gasteiger partial charge >= 0.3 is 0 Å². The zero-order valence-electron chi connectivity index (χ0n) is 13.7. The molecule has 4 nitrogen and oxygen atoms in total. The summed E-state index contributed by atoms with van der Waals surface area (Å²) in [6.45, 7) is 3.12. The molecule has 2 atom stereocenters. The number of thiocarbonyl (C=S) groups is 1. The van der Waals surface area contributed by atoms with E-state index in [9.17, 15) is 4.79 Å². The number of carbonyl (C=O) groups is 1. The number of nitrogens with one attached hydrogen (secondary N) is 2. The van der Waals surface area contributed by atoms with Gasteiger partial charge in [0, 0.05) is 30.4 Å². The summed E-state index contributed by atoms with van der Waals surface area (Å²) in [5.41, 5.74) is 1.93. The Morgan fingerprint density at radius 1 is 1.17 bits per heavy atom. The van der Waals surface area contributed by atoms with Crippen LogP contribution in [0.3, 0.4) is 0 Å². The molecule has 1 saturated heterocycles. The molecule has 23 heavy (non-hydrogen) atoms.